The third kappa shape index (κ3) is 5.72. The molecular weight excluding hydrogens is 539 g/mol. The fourth-order valence-electron chi connectivity index (χ4n) is 4.96. The minimum atomic E-state index is -0.956. The Balaban J connectivity index is 1.11. The average molecular weight is 567 g/mol. The number of rotatable bonds is 9. The van der Waals surface area contributed by atoms with E-state index in [0.29, 0.717) is 23.7 Å². The summed E-state index contributed by atoms with van der Waals surface area (Å²) in [5.74, 6) is 0.254. The molecule has 10 nitrogen and oxygen atoms in total. The van der Waals surface area contributed by atoms with Crippen LogP contribution in [0.15, 0.2) is 48.7 Å². The minimum Gasteiger partial charge on any atom is -0.478 e. The molecule has 208 valence electrons. The van der Waals surface area contributed by atoms with Crippen molar-refractivity contribution in [2.75, 3.05) is 37.7 Å². The standard InChI is InChI=1S/C28H28ClFN6O4/c29-20-3-1-19(22(30)14-20)17-40-28-31-7-5-25(33-28)35-10-8-34(9-11-35)16-26-32-23-4-2-18(27(37)38)13-24(23)36(26)15-21-6-12-39-21/h1-5,7,13-14,21H,6,8-12,15-17H2,(H,37,38). The summed E-state index contributed by atoms with van der Waals surface area (Å²) in [6.07, 6.45) is 2.74. The summed E-state index contributed by atoms with van der Waals surface area (Å²) in [4.78, 5) is 29.6. The lowest BCUT2D eigenvalue weighted by molar-refractivity contribution is -0.0592. The van der Waals surface area contributed by atoms with E-state index in [0.717, 1.165) is 61.9 Å². The van der Waals surface area contributed by atoms with Gasteiger partial charge in [-0.2, -0.15) is 4.98 Å². The molecule has 40 heavy (non-hydrogen) atoms. The fourth-order valence-corrected chi connectivity index (χ4v) is 5.11. The maximum atomic E-state index is 14.1. The van der Waals surface area contributed by atoms with E-state index in [2.05, 4.69) is 24.3 Å². The number of carboxylic acid groups (broad SMARTS) is 1. The average Bonchev–Trinajstić information content (AvgIpc) is 3.26. The van der Waals surface area contributed by atoms with Crippen LogP contribution >= 0.6 is 11.6 Å². The summed E-state index contributed by atoms with van der Waals surface area (Å²) in [7, 11) is 0. The number of fused-ring (bicyclic) bond motifs is 1. The monoisotopic (exact) mass is 566 g/mol. The van der Waals surface area contributed by atoms with E-state index >= 15 is 0 Å². The number of carboxylic acids is 1. The lowest BCUT2D eigenvalue weighted by atomic mass is 10.1. The van der Waals surface area contributed by atoms with E-state index in [-0.39, 0.29) is 24.3 Å². The predicted octanol–water partition coefficient (Wildman–Crippen LogP) is 4.01. The third-order valence-corrected chi connectivity index (χ3v) is 7.54. The van der Waals surface area contributed by atoms with Crippen molar-refractivity contribution < 1.29 is 23.8 Å². The molecule has 4 heterocycles. The molecule has 2 aliphatic rings. The Morgan fingerprint density at radius 3 is 2.67 bits per heavy atom. The summed E-state index contributed by atoms with van der Waals surface area (Å²) < 4.78 is 27.5. The van der Waals surface area contributed by atoms with E-state index in [1.54, 1.807) is 36.5 Å². The van der Waals surface area contributed by atoms with Gasteiger partial charge in [-0.05, 0) is 42.8 Å². The molecule has 0 aliphatic carbocycles. The number of hydrogen-bond donors (Lipinski definition) is 1. The van der Waals surface area contributed by atoms with Crippen LogP contribution in [0.3, 0.4) is 0 Å². The van der Waals surface area contributed by atoms with Crippen LogP contribution in [0.25, 0.3) is 11.0 Å². The molecule has 2 aromatic carbocycles. The zero-order valence-electron chi connectivity index (χ0n) is 21.7. The first-order valence-electron chi connectivity index (χ1n) is 13.1. The Morgan fingerprint density at radius 1 is 1.12 bits per heavy atom. The van der Waals surface area contributed by atoms with Gasteiger partial charge in [-0.3, -0.25) is 4.90 Å². The Hall–Kier alpha value is -3.80. The summed E-state index contributed by atoms with van der Waals surface area (Å²) in [6, 6.07) is 11.5. The van der Waals surface area contributed by atoms with Gasteiger partial charge < -0.3 is 24.0 Å². The number of hydrogen-bond acceptors (Lipinski definition) is 8. The molecule has 2 aliphatic heterocycles. The molecule has 4 aromatic rings. The van der Waals surface area contributed by atoms with Crippen molar-refractivity contribution in [2.24, 2.45) is 0 Å². The van der Waals surface area contributed by atoms with E-state index in [9.17, 15) is 14.3 Å². The second-order valence-corrected chi connectivity index (χ2v) is 10.4. The van der Waals surface area contributed by atoms with Gasteiger partial charge in [-0.25, -0.2) is 19.2 Å². The van der Waals surface area contributed by atoms with E-state index in [1.807, 2.05) is 6.07 Å². The number of ether oxygens (including phenoxy) is 2. The predicted molar refractivity (Wildman–Crippen MR) is 146 cm³/mol. The van der Waals surface area contributed by atoms with Gasteiger partial charge in [0.15, 0.2) is 0 Å². The largest absolute Gasteiger partial charge is 0.478 e. The molecule has 2 saturated heterocycles. The highest BCUT2D eigenvalue weighted by Gasteiger charge is 2.25. The zero-order valence-corrected chi connectivity index (χ0v) is 22.4. The van der Waals surface area contributed by atoms with E-state index in [1.165, 1.54) is 6.07 Å². The van der Waals surface area contributed by atoms with Gasteiger partial charge in [0, 0.05) is 49.6 Å². The highest BCUT2D eigenvalue weighted by Crippen LogP contribution is 2.24. The summed E-state index contributed by atoms with van der Waals surface area (Å²) in [5, 5.41) is 9.81. The molecule has 1 N–H and O–H groups in total. The van der Waals surface area contributed by atoms with Crippen molar-refractivity contribution in [1.29, 1.82) is 0 Å². The second-order valence-electron chi connectivity index (χ2n) is 9.91. The molecule has 2 aromatic heterocycles. The topological polar surface area (TPSA) is 106 Å². The van der Waals surface area contributed by atoms with Crippen LogP contribution in [-0.2, 0) is 24.4 Å². The number of anilines is 1. The van der Waals surface area contributed by atoms with Crippen molar-refractivity contribution in [2.45, 2.75) is 32.2 Å². The summed E-state index contributed by atoms with van der Waals surface area (Å²) in [6.45, 7) is 5.12. The zero-order chi connectivity index (χ0) is 27.6. The molecule has 0 radical (unpaired) electrons. The highest BCUT2D eigenvalue weighted by molar-refractivity contribution is 6.30. The molecule has 6 rings (SSSR count). The first-order chi connectivity index (χ1) is 19.4. The number of aromatic nitrogens is 4. The number of aromatic carboxylic acids is 1. The lowest BCUT2D eigenvalue weighted by Gasteiger charge is -2.35. The first-order valence-corrected chi connectivity index (χ1v) is 13.5. The molecule has 1 unspecified atom stereocenters. The van der Waals surface area contributed by atoms with Gasteiger partial charge in [-0.15, -0.1) is 0 Å². The first kappa shape index (κ1) is 26.4. The number of halogens is 2. The van der Waals surface area contributed by atoms with Crippen molar-refractivity contribution in [1.82, 2.24) is 24.4 Å². The van der Waals surface area contributed by atoms with Crippen LogP contribution in [0.5, 0.6) is 6.01 Å². The van der Waals surface area contributed by atoms with Crippen LogP contribution in [0, 0.1) is 5.82 Å². The van der Waals surface area contributed by atoms with Crippen LogP contribution in [0.2, 0.25) is 5.02 Å². The van der Waals surface area contributed by atoms with Gasteiger partial charge in [0.25, 0.3) is 0 Å². The van der Waals surface area contributed by atoms with Gasteiger partial charge in [0.05, 0.1) is 35.8 Å². The normalized spacial score (nSPS) is 17.6. The quantitative estimate of drug-likeness (QED) is 0.322. The third-order valence-electron chi connectivity index (χ3n) is 7.31. The molecule has 0 saturated carbocycles. The number of piperazine rings is 1. The Morgan fingerprint density at radius 2 is 1.95 bits per heavy atom. The van der Waals surface area contributed by atoms with Gasteiger partial charge in [0.1, 0.15) is 24.1 Å². The smallest absolute Gasteiger partial charge is 0.335 e. The number of benzene rings is 2. The summed E-state index contributed by atoms with van der Waals surface area (Å²) in [5.41, 5.74) is 2.22. The Bertz CT molecular complexity index is 1540. The molecule has 0 bridgehead atoms. The summed E-state index contributed by atoms with van der Waals surface area (Å²) >= 11 is 5.82. The van der Waals surface area contributed by atoms with Crippen molar-refractivity contribution in [3.63, 3.8) is 0 Å². The number of carbonyl (C=O) groups is 1. The SMILES string of the molecule is O=C(O)c1ccc2nc(CN3CCN(c4ccnc(OCc5ccc(Cl)cc5F)n4)CC3)n(CC3CCO3)c2c1. The molecule has 0 spiro atoms. The number of nitrogens with zero attached hydrogens (tertiary/aromatic N) is 6. The molecule has 12 heteroatoms. The highest BCUT2D eigenvalue weighted by atomic mass is 35.5. The lowest BCUT2D eigenvalue weighted by Crippen LogP contribution is -2.46. The maximum Gasteiger partial charge on any atom is 0.335 e. The van der Waals surface area contributed by atoms with E-state index < -0.39 is 11.8 Å². The molecular formula is C28H28ClFN6O4. The van der Waals surface area contributed by atoms with Crippen molar-refractivity contribution >= 4 is 34.4 Å². The Kier molecular flexibility index (Phi) is 7.50. The van der Waals surface area contributed by atoms with Gasteiger partial charge in [0.2, 0.25) is 0 Å². The maximum absolute atomic E-state index is 14.1. The van der Waals surface area contributed by atoms with E-state index in [4.69, 9.17) is 26.1 Å². The molecule has 0 amide bonds. The van der Waals surface area contributed by atoms with Crippen LogP contribution < -0.4 is 9.64 Å². The second kappa shape index (κ2) is 11.4. The minimum absolute atomic E-state index is 0.00108. The molecule has 1 atom stereocenters. The Labute approximate surface area is 234 Å². The number of imidazole rings is 1. The molecule has 2 fully saturated rings. The van der Waals surface area contributed by atoms with Crippen LogP contribution in [0.1, 0.15) is 28.2 Å². The van der Waals surface area contributed by atoms with Gasteiger partial charge >= 0.3 is 12.0 Å². The fraction of sp³-hybridized carbons (Fsp3) is 0.357. The van der Waals surface area contributed by atoms with Gasteiger partial charge in [-0.1, -0.05) is 17.7 Å². The van der Waals surface area contributed by atoms with Crippen LogP contribution in [0.4, 0.5) is 10.2 Å². The van der Waals surface area contributed by atoms with Crippen molar-refractivity contribution in [3.05, 3.63) is 76.5 Å². The van der Waals surface area contributed by atoms with Crippen LogP contribution in [-0.4, -0.2) is 74.4 Å². The van der Waals surface area contributed by atoms with Crippen molar-refractivity contribution in [3.8, 4) is 6.01 Å².